The molecule has 11 heavy (non-hydrogen) atoms. The Morgan fingerprint density at radius 1 is 1.73 bits per heavy atom. The van der Waals surface area contributed by atoms with Crippen LogP contribution in [0.15, 0.2) is 11.8 Å². The number of rotatable bonds is 3. The van der Waals surface area contributed by atoms with Crippen LogP contribution in [0.5, 0.6) is 0 Å². The largest absolute Gasteiger partial charge is 0.382 e. The Kier molecular flexibility index (Phi) is 3.14. The SMILES string of the molecule is CCCC(=O)C1=CCCCN1. The van der Waals surface area contributed by atoms with Crippen molar-refractivity contribution in [2.75, 3.05) is 6.54 Å². The first-order valence-electron chi connectivity index (χ1n) is 4.32. The molecule has 0 aromatic rings. The Labute approximate surface area is 67.7 Å². The number of allylic oxidation sites excluding steroid dienone is 2. The molecule has 0 saturated heterocycles. The smallest absolute Gasteiger partial charge is 0.178 e. The molecule has 1 heterocycles. The van der Waals surface area contributed by atoms with E-state index in [4.69, 9.17) is 0 Å². The molecule has 1 aliphatic heterocycles. The second-order valence-electron chi connectivity index (χ2n) is 2.86. The minimum absolute atomic E-state index is 0.271. The van der Waals surface area contributed by atoms with Gasteiger partial charge in [0.1, 0.15) is 0 Å². The molecule has 0 fully saturated rings. The van der Waals surface area contributed by atoms with Crippen molar-refractivity contribution in [2.45, 2.75) is 32.6 Å². The van der Waals surface area contributed by atoms with Gasteiger partial charge in [-0.1, -0.05) is 13.0 Å². The first-order valence-corrected chi connectivity index (χ1v) is 4.32. The normalized spacial score (nSPS) is 17.0. The Balaban J connectivity index is 2.44. The number of carbonyl (C=O) groups is 1. The molecule has 2 heteroatoms. The molecule has 0 aromatic heterocycles. The van der Waals surface area contributed by atoms with Crippen LogP contribution in [0.25, 0.3) is 0 Å². The van der Waals surface area contributed by atoms with Crippen molar-refractivity contribution >= 4 is 5.78 Å². The quantitative estimate of drug-likeness (QED) is 0.667. The molecule has 0 aliphatic carbocycles. The maximum atomic E-state index is 11.3. The van der Waals surface area contributed by atoms with Crippen LogP contribution in [0.3, 0.4) is 0 Å². The Morgan fingerprint density at radius 2 is 2.55 bits per heavy atom. The number of Topliss-reactive ketones (excluding diaryl/α,β-unsaturated/α-hetero) is 1. The lowest BCUT2D eigenvalue weighted by Crippen LogP contribution is -2.24. The van der Waals surface area contributed by atoms with Crippen molar-refractivity contribution in [2.24, 2.45) is 0 Å². The van der Waals surface area contributed by atoms with Gasteiger partial charge >= 0.3 is 0 Å². The lowest BCUT2D eigenvalue weighted by Gasteiger charge is -2.13. The van der Waals surface area contributed by atoms with Crippen molar-refractivity contribution in [1.29, 1.82) is 0 Å². The molecule has 0 atom stereocenters. The van der Waals surface area contributed by atoms with Crippen LogP contribution in [0.1, 0.15) is 32.6 Å². The van der Waals surface area contributed by atoms with Crippen LogP contribution in [0, 0.1) is 0 Å². The number of carbonyl (C=O) groups excluding carboxylic acids is 1. The maximum Gasteiger partial charge on any atom is 0.178 e. The highest BCUT2D eigenvalue weighted by Crippen LogP contribution is 2.06. The van der Waals surface area contributed by atoms with E-state index in [2.05, 4.69) is 5.32 Å². The fourth-order valence-corrected chi connectivity index (χ4v) is 1.22. The molecule has 0 aromatic carbocycles. The van der Waals surface area contributed by atoms with Crippen molar-refractivity contribution < 1.29 is 4.79 Å². The van der Waals surface area contributed by atoms with E-state index in [1.807, 2.05) is 13.0 Å². The summed E-state index contributed by atoms with van der Waals surface area (Å²) >= 11 is 0. The summed E-state index contributed by atoms with van der Waals surface area (Å²) < 4.78 is 0. The van der Waals surface area contributed by atoms with Crippen LogP contribution in [0.2, 0.25) is 0 Å². The van der Waals surface area contributed by atoms with Gasteiger partial charge in [-0.3, -0.25) is 4.79 Å². The Hall–Kier alpha value is -0.790. The third-order valence-corrected chi connectivity index (χ3v) is 1.82. The van der Waals surface area contributed by atoms with E-state index >= 15 is 0 Å². The summed E-state index contributed by atoms with van der Waals surface area (Å²) in [6, 6.07) is 0. The summed E-state index contributed by atoms with van der Waals surface area (Å²) in [6.07, 6.45) is 5.85. The fourth-order valence-electron chi connectivity index (χ4n) is 1.22. The minimum atomic E-state index is 0.271. The lowest BCUT2D eigenvalue weighted by molar-refractivity contribution is -0.116. The van der Waals surface area contributed by atoms with E-state index in [-0.39, 0.29) is 5.78 Å². The summed E-state index contributed by atoms with van der Waals surface area (Å²) in [5, 5.41) is 3.12. The first-order chi connectivity index (χ1) is 5.34. The number of hydrogen-bond acceptors (Lipinski definition) is 2. The van der Waals surface area contributed by atoms with E-state index < -0.39 is 0 Å². The van der Waals surface area contributed by atoms with Crippen LogP contribution in [-0.4, -0.2) is 12.3 Å². The zero-order valence-electron chi connectivity index (χ0n) is 7.02. The van der Waals surface area contributed by atoms with E-state index in [1.54, 1.807) is 0 Å². The number of ketones is 1. The molecule has 0 spiro atoms. The van der Waals surface area contributed by atoms with Gasteiger partial charge in [-0.15, -0.1) is 0 Å². The van der Waals surface area contributed by atoms with Gasteiger partial charge in [-0.2, -0.15) is 0 Å². The average Bonchev–Trinajstić information content (AvgIpc) is 2.07. The minimum Gasteiger partial charge on any atom is -0.382 e. The highest BCUT2D eigenvalue weighted by atomic mass is 16.1. The standard InChI is InChI=1S/C9H15NO/c1-2-5-9(11)8-6-3-4-7-10-8/h6,10H,2-5,7H2,1H3. The third-order valence-electron chi connectivity index (χ3n) is 1.82. The average molecular weight is 153 g/mol. The van der Waals surface area contributed by atoms with Gasteiger partial charge in [-0.05, 0) is 19.3 Å². The van der Waals surface area contributed by atoms with Gasteiger partial charge in [0.05, 0.1) is 5.70 Å². The van der Waals surface area contributed by atoms with Crippen LogP contribution in [0.4, 0.5) is 0 Å². The molecule has 0 radical (unpaired) electrons. The van der Waals surface area contributed by atoms with Gasteiger partial charge < -0.3 is 5.32 Å². The van der Waals surface area contributed by atoms with Gasteiger partial charge in [0, 0.05) is 13.0 Å². The molecule has 1 rings (SSSR count). The fraction of sp³-hybridized carbons (Fsp3) is 0.667. The number of hydrogen-bond donors (Lipinski definition) is 1. The summed E-state index contributed by atoms with van der Waals surface area (Å²) in [4.78, 5) is 11.3. The second kappa shape index (κ2) is 4.16. The summed E-state index contributed by atoms with van der Waals surface area (Å²) in [7, 11) is 0. The zero-order chi connectivity index (χ0) is 8.10. The van der Waals surface area contributed by atoms with E-state index in [0.717, 1.165) is 31.5 Å². The third kappa shape index (κ3) is 2.37. The molecule has 62 valence electrons. The molecule has 0 unspecified atom stereocenters. The van der Waals surface area contributed by atoms with E-state index in [0.29, 0.717) is 6.42 Å². The molecule has 0 saturated carbocycles. The second-order valence-corrected chi connectivity index (χ2v) is 2.86. The monoisotopic (exact) mass is 153 g/mol. The Bertz CT molecular complexity index is 172. The van der Waals surface area contributed by atoms with Crippen LogP contribution in [-0.2, 0) is 4.79 Å². The van der Waals surface area contributed by atoms with Gasteiger partial charge in [0.15, 0.2) is 5.78 Å². The van der Waals surface area contributed by atoms with Crippen molar-refractivity contribution in [3.63, 3.8) is 0 Å². The highest BCUT2D eigenvalue weighted by Gasteiger charge is 2.09. The number of nitrogens with one attached hydrogen (secondary N) is 1. The predicted molar refractivity (Wildman–Crippen MR) is 45.2 cm³/mol. The molecule has 1 aliphatic rings. The van der Waals surface area contributed by atoms with Gasteiger partial charge in [-0.25, -0.2) is 0 Å². The van der Waals surface area contributed by atoms with E-state index in [9.17, 15) is 4.79 Å². The molecule has 0 amide bonds. The molecular formula is C9H15NO. The van der Waals surface area contributed by atoms with Crippen LogP contribution >= 0.6 is 0 Å². The molecule has 0 bridgehead atoms. The first kappa shape index (κ1) is 8.31. The summed E-state index contributed by atoms with van der Waals surface area (Å²) in [6.45, 7) is 2.99. The topological polar surface area (TPSA) is 29.1 Å². The summed E-state index contributed by atoms with van der Waals surface area (Å²) in [5.41, 5.74) is 0.845. The predicted octanol–water partition coefficient (Wildman–Crippen LogP) is 1.62. The highest BCUT2D eigenvalue weighted by molar-refractivity contribution is 5.94. The van der Waals surface area contributed by atoms with Gasteiger partial charge in [0.25, 0.3) is 0 Å². The molecule has 2 nitrogen and oxygen atoms in total. The lowest BCUT2D eigenvalue weighted by atomic mass is 10.1. The van der Waals surface area contributed by atoms with Crippen LogP contribution < -0.4 is 5.32 Å². The molecular weight excluding hydrogens is 138 g/mol. The Morgan fingerprint density at radius 3 is 3.09 bits per heavy atom. The summed E-state index contributed by atoms with van der Waals surface area (Å²) in [5.74, 6) is 0.271. The zero-order valence-corrected chi connectivity index (χ0v) is 7.02. The molecule has 1 N–H and O–H groups in total. The van der Waals surface area contributed by atoms with Crippen molar-refractivity contribution in [3.8, 4) is 0 Å². The van der Waals surface area contributed by atoms with E-state index in [1.165, 1.54) is 0 Å². The van der Waals surface area contributed by atoms with Gasteiger partial charge in [0.2, 0.25) is 0 Å². The maximum absolute atomic E-state index is 11.3. The van der Waals surface area contributed by atoms with Crippen molar-refractivity contribution in [1.82, 2.24) is 5.32 Å². The van der Waals surface area contributed by atoms with Crippen molar-refractivity contribution in [3.05, 3.63) is 11.8 Å².